The van der Waals surface area contributed by atoms with Gasteiger partial charge in [0.15, 0.2) is 5.82 Å². The number of methoxy groups -OCH3 is 1. The summed E-state index contributed by atoms with van der Waals surface area (Å²) in [5, 5.41) is 25.2. The maximum Gasteiger partial charge on any atom is 0.411 e. The van der Waals surface area contributed by atoms with Crippen LogP contribution in [0.15, 0.2) is 66.7 Å². The lowest BCUT2D eigenvalue weighted by atomic mass is 9.81. The molecule has 1 aliphatic carbocycles. The number of aliphatic carboxylic acids is 1. The van der Waals surface area contributed by atoms with Crippen LogP contribution in [-0.2, 0) is 36.2 Å². The molecule has 1 aromatic heterocycles. The number of alkyl halides is 4. The predicted octanol–water partition coefficient (Wildman–Crippen LogP) is 7.02. The zero-order chi connectivity index (χ0) is 47.0. The number of carbonyl (C=O) groups is 5. The van der Waals surface area contributed by atoms with E-state index in [9.17, 15) is 41.5 Å². The van der Waals surface area contributed by atoms with E-state index in [4.69, 9.17) is 14.6 Å². The van der Waals surface area contributed by atoms with Crippen molar-refractivity contribution in [1.29, 1.82) is 0 Å². The maximum atomic E-state index is 14.3. The van der Waals surface area contributed by atoms with Crippen molar-refractivity contribution in [2.75, 3.05) is 25.6 Å². The lowest BCUT2D eigenvalue weighted by Crippen LogP contribution is -2.48. The molecule has 1 fully saturated rings. The van der Waals surface area contributed by atoms with Crippen LogP contribution in [0.25, 0.3) is 22.5 Å². The first-order valence-electron chi connectivity index (χ1n) is 20.7. The standard InChI is InChI=1S/C45H53F4N7O8/c1-25-21-32(38(58)51-26(2)24-63-6)17-20-34(25)29-11-7-27(8-12-29)22-35(53-37(57)31-13-9-28(10-14-31)23-50-42(62)64-43(3,4)5)39(59)52-33-18-15-30(16-19-33)36-54-40(56-55-36)44(46,47)45(48,49)41(60)61/h7-8,11-12,15-21,26,28,31,35H,9-10,13-14,22-24H2,1-6H3,(H,50,62)(H,51,58)(H,52,59)(H,53,57)(H,60,61)(H,54,55,56). The molecule has 4 aromatic rings. The number of benzene rings is 3. The number of halogens is 4. The van der Waals surface area contributed by atoms with Gasteiger partial charge in [0, 0.05) is 48.8 Å². The number of hydrogen-bond donors (Lipinski definition) is 6. The first-order valence-corrected chi connectivity index (χ1v) is 20.7. The molecule has 3 aromatic carbocycles. The van der Waals surface area contributed by atoms with Crippen molar-refractivity contribution in [2.24, 2.45) is 11.8 Å². The zero-order valence-electron chi connectivity index (χ0n) is 36.3. The van der Waals surface area contributed by atoms with Crippen LogP contribution in [0.5, 0.6) is 0 Å². The summed E-state index contributed by atoms with van der Waals surface area (Å²) in [6.07, 6.45) is 1.99. The van der Waals surface area contributed by atoms with Gasteiger partial charge in [-0.1, -0.05) is 30.3 Å². The number of ether oxygens (including phenoxy) is 2. The number of anilines is 1. The van der Waals surface area contributed by atoms with Crippen molar-refractivity contribution in [3.05, 3.63) is 89.2 Å². The summed E-state index contributed by atoms with van der Waals surface area (Å²) in [6.45, 7) is 9.85. The van der Waals surface area contributed by atoms with Crippen LogP contribution in [0.4, 0.5) is 28.0 Å². The van der Waals surface area contributed by atoms with Gasteiger partial charge in [0.25, 0.3) is 5.91 Å². The van der Waals surface area contributed by atoms with E-state index < -0.39 is 53.1 Å². The molecular weight excluding hydrogens is 843 g/mol. The number of hydrogen-bond acceptors (Lipinski definition) is 9. The van der Waals surface area contributed by atoms with E-state index in [0.29, 0.717) is 44.4 Å². The average Bonchev–Trinajstić information content (AvgIpc) is 3.74. The Labute approximate surface area is 367 Å². The number of carboxylic acid groups (broad SMARTS) is 1. The second kappa shape index (κ2) is 20.4. The van der Waals surface area contributed by atoms with Crippen molar-refractivity contribution in [3.63, 3.8) is 0 Å². The Morgan fingerprint density at radius 1 is 0.891 bits per heavy atom. The summed E-state index contributed by atoms with van der Waals surface area (Å²) in [4.78, 5) is 66.8. The number of H-pyrrole nitrogens is 1. The normalized spacial score (nSPS) is 16.5. The highest BCUT2D eigenvalue weighted by Gasteiger charge is 2.65. The lowest BCUT2D eigenvalue weighted by Gasteiger charge is -2.29. The van der Waals surface area contributed by atoms with Gasteiger partial charge in [-0.25, -0.2) is 14.6 Å². The molecule has 0 saturated heterocycles. The molecule has 1 aliphatic rings. The number of nitrogens with zero attached hydrogens (tertiary/aromatic N) is 2. The molecule has 0 aliphatic heterocycles. The van der Waals surface area contributed by atoms with E-state index in [1.807, 2.05) is 44.2 Å². The van der Waals surface area contributed by atoms with Crippen molar-refractivity contribution in [3.8, 4) is 22.5 Å². The smallest absolute Gasteiger partial charge is 0.411 e. The van der Waals surface area contributed by atoms with Crippen LogP contribution in [0.3, 0.4) is 0 Å². The van der Waals surface area contributed by atoms with Crippen molar-refractivity contribution >= 4 is 35.5 Å². The van der Waals surface area contributed by atoms with Gasteiger partial charge in [-0.05, 0) is 125 Å². The number of carbonyl (C=O) groups excluding carboxylic acids is 4. The van der Waals surface area contributed by atoms with Gasteiger partial charge in [-0.15, -0.1) is 0 Å². The number of carboxylic acids is 1. The first-order chi connectivity index (χ1) is 30.1. The minimum atomic E-state index is -5.46. The fourth-order valence-electron chi connectivity index (χ4n) is 7.20. The Hall–Kier alpha value is -6.37. The highest BCUT2D eigenvalue weighted by atomic mass is 19.3. The third-order valence-electron chi connectivity index (χ3n) is 10.6. The van der Waals surface area contributed by atoms with Gasteiger partial charge in [-0.3, -0.25) is 19.5 Å². The number of rotatable bonds is 17. The van der Waals surface area contributed by atoms with Gasteiger partial charge >= 0.3 is 23.9 Å². The maximum absolute atomic E-state index is 14.3. The molecule has 1 heterocycles. The Morgan fingerprint density at radius 2 is 1.53 bits per heavy atom. The molecule has 0 radical (unpaired) electrons. The highest BCUT2D eigenvalue weighted by molar-refractivity contribution is 5.98. The Bertz CT molecular complexity index is 2290. The largest absolute Gasteiger partial charge is 0.477 e. The van der Waals surface area contributed by atoms with Gasteiger partial charge in [0.2, 0.25) is 17.6 Å². The highest BCUT2D eigenvalue weighted by Crippen LogP contribution is 2.42. The van der Waals surface area contributed by atoms with E-state index >= 15 is 0 Å². The predicted molar refractivity (Wildman–Crippen MR) is 228 cm³/mol. The summed E-state index contributed by atoms with van der Waals surface area (Å²) < 4.78 is 66.5. The molecule has 0 spiro atoms. The fraction of sp³-hybridized carbons (Fsp3) is 0.444. The van der Waals surface area contributed by atoms with E-state index in [1.54, 1.807) is 45.1 Å². The molecule has 15 nitrogen and oxygen atoms in total. The Kier molecular flexibility index (Phi) is 15.5. The minimum Gasteiger partial charge on any atom is -0.477 e. The molecule has 4 amide bonds. The van der Waals surface area contributed by atoms with E-state index in [1.165, 1.54) is 24.3 Å². The third kappa shape index (κ3) is 12.4. The second-order valence-electron chi connectivity index (χ2n) is 17.0. The number of aromatic amines is 1. The van der Waals surface area contributed by atoms with Crippen molar-refractivity contribution < 1.29 is 56.1 Å². The van der Waals surface area contributed by atoms with Crippen LogP contribution in [0, 0.1) is 18.8 Å². The number of aromatic nitrogens is 3. The molecule has 64 heavy (non-hydrogen) atoms. The van der Waals surface area contributed by atoms with E-state index in [-0.39, 0.29) is 47.4 Å². The van der Waals surface area contributed by atoms with Crippen molar-refractivity contribution in [1.82, 2.24) is 31.1 Å². The minimum absolute atomic E-state index is 0.0848. The second-order valence-corrected chi connectivity index (χ2v) is 17.0. The number of amides is 4. The topological polar surface area (TPSA) is 214 Å². The average molecular weight is 896 g/mol. The summed E-state index contributed by atoms with van der Waals surface area (Å²) in [7, 11) is 1.56. The van der Waals surface area contributed by atoms with Gasteiger partial charge in [0.05, 0.1) is 6.61 Å². The van der Waals surface area contributed by atoms with Crippen LogP contribution < -0.4 is 21.3 Å². The molecule has 344 valence electrons. The lowest BCUT2D eigenvalue weighted by molar-refractivity contribution is -0.231. The molecule has 19 heteroatoms. The summed E-state index contributed by atoms with van der Waals surface area (Å²) in [6, 6.07) is 17.1. The number of aryl methyl sites for hydroxylation is 1. The SMILES string of the molecule is COCC(C)NC(=O)c1ccc(-c2ccc(CC(NC(=O)C3CCC(CNC(=O)OC(C)(C)C)CC3)C(=O)Nc3ccc(-c4n[nH]c(C(F)(F)C(F)(F)C(=O)O)n4)cc3)cc2)c(C)c1. The van der Waals surface area contributed by atoms with Crippen LogP contribution in [0.2, 0.25) is 0 Å². The third-order valence-corrected chi connectivity index (χ3v) is 10.6. The summed E-state index contributed by atoms with van der Waals surface area (Å²) >= 11 is 0. The Morgan fingerprint density at radius 3 is 2.12 bits per heavy atom. The van der Waals surface area contributed by atoms with Crippen LogP contribution in [-0.4, -0.2) is 93.9 Å². The summed E-state index contributed by atoms with van der Waals surface area (Å²) in [5.74, 6) is -17.1. The van der Waals surface area contributed by atoms with Gasteiger partial charge < -0.3 is 35.8 Å². The Balaban J connectivity index is 1.29. The zero-order valence-corrected chi connectivity index (χ0v) is 36.3. The summed E-state index contributed by atoms with van der Waals surface area (Å²) in [5.41, 5.74) is 3.54. The number of alkyl carbamates (subject to hydrolysis) is 1. The van der Waals surface area contributed by atoms with Crippen molar-refractivity contribution in [2.45, 2.75) is 96.3 Å². The van der Waals surface area contributed by atoms with Gasteiger partial charge in [-0.2, -0.15) is 22.7 Å². The molecule has 6 N–H and O–H groups in total. The first kappa shape index (κ1) is 48.7. The van der Waals surface area contributed by atoms with E-state index in [0.717, 1.165) is 22.3 Å². The van der Waals surface area contributed by atoms with Crippen LogP contribution in [0.1, 0.15) is 80.7 Å². The monoisotopic (exact) mass is 895 g/mol. The molecular formula is C45H53F4N7O8. The van der Waals surface area contributed by atoms with E-state index in [2.05, 4.69) is 31.3 Å². The molecule has 2 atom stereocenters. The number of nitrogens with one attached hydrogen (secondary N) is 5. The molecule has 0 bridgehead atoms. The molecule has 2 unspecified atom stereocenters. The molecule has 1 saturated carbocycles. The molecule has 5 rings (SSSR count). The fourth-order valence-corrected chi connectivity index (χ4v) is 7.20. The van der Waals surface area contributed by atoms with Crippen LogP contribution >= 0.6 is 0 Å². The quantitative estimate of drug-likeness (QED) is 0.0596. The van der Waals surface area contributed by atoms with Gasteiger partial charge in [0.1, 0.15) is 11.6 Å².